The number of benzene rings is 2. The summed E-state index contributed by atoms with van der Waals surface area (Å²) < 4.78 is 37.3. The predicted octanol–water partition coefficient (Wildman–Crippen LogP) is 3.90. The largest absolute Gasteiger partial charge is 0.489 e. The van der Waals surface area contributed by atoms with Crippen molar-refractivity contribution in [3.63, 3.8) is 0 Å². The number of sulfone groups is 1. The third-order valence-corrected chi connectivity index (χ3v) is 6.00. The lowest BCUT2D eigenvalue weighted by Gasteiger charge is -2.20. The van der Waals surface area contributed by atoms with Gasteiger partial charge in [0.05, 0.1) is 11.5 Å². The minimum atomic E-state index is -3.67. The van der Waals surface area contributed by atoms with Crippen molar-refractivity contribution >= 4 is 9.84 Å². The summed E-state index contributed by atoms with van der Waals surface area (Å²) in [4.78, 5) is 0.497. The van der Waals surface area contributed by atoms with Crippen LogP contribution in [0.1, 0.15) is 31.9 Å². The molecular weight excluding hydrogens is 336 g/mol. The normalized spacial score (nSPS) is 17.4. The third-order valence-electron chi connectivity index (χ3n) is 4.23. The summed E-state index contributed by atoms with van der Waals surface area (Å²) in [6.07, 6.45) is 0.0704. The Labute approximate surface area is 149 Å². The Balaban J connectivity index is 2.03. The average molecular weight is 360 g/mol. The fraction of sp³-hybridized carbons (Fsp3) is 0.400. The van der Waals surface area contributed by atoms with Crippen LogP contribution < -0.4 is 4.74 Å². The van der Waals surface area contributed by atoms with Gasteiger partial charge in [0.1, 0.15) is 23.4 Å². The summed E-state index contributed by atoms with van der Waals surface area (Å²) in [7, 11) is -3.67. The van der Waals surface area contributed by atoms with E-state index in [1.165, 1.54) is 0 Å². The zero-order valence-corrected chi connectivity index (χ0v) is 15.9. The summed E-state index contributed by atoms with van der Waals surface area (Å²) in [5.74, 6) is 0.377. The second kappa shape index (κ2) is 6.46. The molecule has 1 saturated heterocycles. The lowest BCUT2D eigenvalue weighted by atomic mass is 9.87. The number of aryl methyl sites for hydroxylation is 1. The van der Waals surface area contributed by atoms with Crippen LogP contribution in [0.2, 0.25) is 0 Å². The van der Waals surface area contributed by atoms with Gasteiger partial charge in [-0.15, -0.1) is 0 Å². The fourth-order valence-corrected chi connectivity index (χ4v) is 4.07. The van der Waals surface area contributed by atoms with E-state index >= 15 is 0 Å². The highest BCUT2D eigenvalue weighted by molar-refractivity contribution is 7.91. The molecule has 5 heteroatoms. The number of ether oxygens (including phenoxy) is 2. The summed E-state index contributed by atoms with van der Waals surface area (Å²) in [5, 5.41) is 0. The number of rotatable bonds is 5. The Hall–Kier alpha value is -1.85. The van der Waals surface area contributed by atoms with Crippen molar-refractivity contribution in [1.29, 1.82) is 0 Å². The van der Waals surface area contributed by atoms with Gasteiger partial charge < -0.3 is 9.47 Å². The molecule has 25 heavy (non-hydrogen) atoms. The fourth-order valence-electron chi connectivity index (χ4n) is 2.55. The van der Waals surface area contributed by atoms with Gasteiger partial charge in [-0.3, -0.25) is 0 Å². The zero-order chi connectivity index (χ0) is 18.2. The van der Waals surface area contributed by atoms with E-state index in [0.29, 0.717) is 19.0 Å². The van der Waals surface area contributed by atoms with Gasteiger partial charge in [-0.1, -0.05) is 39.0 Å². The minimum Gasteiger partial charge on any atom is -0.489 e. The number of epoxide rings is 1. The molecule has 1 fully saturated rings. The summed E-state index contributed by atoms with van der Waals surface area (Å²) in [5.41, 5.74) is 1.73. The van der Waals surface area contributed by atoms with Crippen LogP contribution in [0.5, 0.6) is 5.75 Å². The monoisotopic (exact) mass is 360 g/mol. The summed E-state index contributed by atoms with van der Waals surface area (Å²) in [6, 6.07) is 12.4. The Morgan fingerprint density at radius 3 is 2.52 bits per heavy atom. The van der Waals surface area contributed by atoms with Crippen molar-refractivity contribution in [2.24, 2.45) is 0 Å². The maximum atomic E-state index is 13.2. The predicted molar refractivity (Wildman–Crippen MR) is 97.0 cm³/mol. The standard InChI is InChI=1S/C20H24O4S/c1-14-8-9-18(24-13-16-12-23-16)19(10-14)25(21,22)17-7-5-6-15(11-17)20(2,3)4/h5-11,16H,12-13H2,1-4H3. The second-order valence-corrected chi connectivity index (χ2v) is 9.42. The zero-order valence-electron chi connectivity index (χ0n) is 15.1. The molecule has 134 valence electrons. The molecule has 1 aliphatic heterocycles. The van der Waals surface area contributed by atoms with Crippen molar-refractivity contribution in [2.75, 3.05) is 13.2 Å². The first-order valence-corrected chi connectivity index (χ1v) is 9.87. The van der Waals surface area contributed by atoms with E-state index < -0.39 is 9.84 Å². The van der Waals surface area contributed by atoms with E-state index in [2.05, 4.69) is 20.8 Å². The molecule has 0 N–H and O–H groups in total. The molecule has 1 unspecified atom stereocenters. The van der Waals surface area contributed by atoms with Gasteiger partial charge in [0.2, 0.25) is 9.84 Å². The van der Waals surface area contributed by atoms with Crippen molar-refractivity contribution in [3.8, 4) is 5.75 Å². The van der Waals surface area contributed by atoms with Gasteiger partial charge in [0.15, 0.2) is 0 Å². The molecule has 1 atom stereocenters. The van der Waals surface area contributed by atoms with E-state index in [1.807, 2.05) is 19.1 Å². The van der Waals surface area contributed by atoms with Crippen molar-refractivity contribution in [3.05, 3.63) is 53.6 Å². The summed E-state index contributed by atoms with van der Waals surface area (Å²) in [6.45, 7) is 9.11. The first-order chi connectivity index (χ1) is 11.7. The Bertz CT molecular complexity index is 875. The molecule has 2 aromatic rings. The van der Waals surface area contributed by atoms with E-state index in [1.54, 1.807) is 30.3 Å². The van der Waals surface area contributed by atoms with Gasteiger partial charge in [0, 0.05) is 0 Å². The molecule has 2 aromatic carbocycles. The van der Waals surface area contributed by atoms with Crippen molar-refractivity contribution < 1.29 is 17.9 Å². The molecule has 0 spiro atoms. The lowest BCUT2D eigenvalue weighted by Crippen LogP contribution is -2.13. The van der Waals surface area contributed by atoms with Crippen LogP contribution in [0.15, 0.2) is 52.3 Å². The Morgan fingerprint density at radius 2 is 1.88 bits per heavy atom. The summed E-state index contributed by atoms with van der Waals surface area (Å²) >= 11 is 0. The van der Waals surface area contributed by atoms with E-state index in [-0.39, 0.29) is 21.3 Å². The topological polar surface area (TPSA) is 55.9 Å². The van der Waals surface area contributed by atoms with Crippen LogP contribution in [0.3, 0.4) is 0 Å². The highest BCUT2D eigenvalue weighted by Crippen LogP contribution is 2.33. The molecule has 0 aliphatic carbocycles. The SMILES string of the molecule is Cc1ccc(OCC2CO2)c(S(=O)(=O)c2cccc(C(C)(C)C)c2)c1. The van der Waals surface area contributed by atoms with Gasteiger partial charge in [0.25, 0.3) is 0 Å². The molecule has 0 saturated carbocycles. The molecule has 0 radical (unpaired) electrons. The molecular formula is C20H24O4S. The van der Waals surface area contributed by atoms with E-state index in [0.717, 1.165) is 11.1 Å². The van der Waals surface area contributed by atoms with Crippen LogP contribution >= 0.6 is 0 Å². The maximum Gasteiger partial charge on any atom is 0.210 e. The molecule has 3 rings (SSSR count). The quantitative estimate of drug-likeness (QED) is 0.759. The van der Waals surface area contributed by atoms with Crippen LogP contribution in [0.4, 0.5) is 0 Å². The van der Waals surface area contributed by atoms with E-state index in [4.69, 9.17) is 9.47 Å². The molecule has 1 heterocycles. The van der Waals surface area contributed by atoms with Gasteiger partial charge in [-0.25, -0.2) is 8.42 Å². The molecule has 0 bridgehead atoms. The average Bonchev–Trinajstić information content (AvgIpc) is 3.37. The van der Waals surface area contributed by atoms with Crippen LogP contribution in [0, 0.1) is 6.92 Å². The van der Waals surface area contributed by atoms with E-state index in [9.17, 15) is 8.42 Å². The van der Waals surface area contributed by atoms with Gasteiger partial charge in [-0.2, -0.15) is 0 Å². The lowest BCUT2D eigenvalue weighted by molar-refractivity contribution is 0.258. The number of hydrogen-bond acceptors (Lipinski definition) is 4. The number of hydrogen-bond donors (Lipinski definition) is 0. The van der Waals surface area contributed by atoms with Gasteiger partial charge in [-0.05, 0) is 47.7 Å². The van der Waals surface area contributed by atoms with Crippen molar-refractivity contribution in [1.82, 2.24) is 0 Å². The smallest absolute Gasteiger partial charge is 0.210 e. The highest BCUT2D eigenvalue weighted by Gasteiger charge is 2.27. The highest BCUT2D eigenvalue weighted by atomic mass is 32.2. The Kier molecular flexibility index (Phi) is 4.64. The first kappa shape index (κ1) is 18.0. The third kappa shape index (κ3) is 4.05. The molecule has 0 amide bonds. The van der Waals surface area contributed by atoms with Crippen molar-refractivity contribution in [2.45, 2.75) is 49.0 Å². The molecule has 4 nitrogen and oxygen atoms in total. The molecule has 0 aromatic heterocycles. The van der Waals surface area contributed by atoms with Crippen LogP contribution in [-0.2, 0) is 20.0 Å². The Morgan fingerprint density at radius 1 is 1.16 bits per heavy atom. The maximum absolute atomic E-state index is 13.2. The molecule has 1 aliphatic rings. The van der Waals surface area contributed by atoms with Gasteiger partial charge >= 0.3 is 0 Å². The second-order valence-electron chi connectivity index (χ2n) is 7.50. The first-order valence-electron chi connectivity index (χ1n) is 8.38. The van der Waals surface area contributed by atoms with Crippen LogP contribution in [-0.4, -0.2) is 27.7 Å². The minimum absolute atomic E-state index is 0.0704. The van der Waals surface area contributed by atoms with Crippen LogP contribution in [0.25, 0.3) is 0 Å².